The van der Waals surface area contributed by atoms with E-state index in [9.17, 15) is 0 Å². The predicted octanol–water partition coefficient (Wildman–Crippen LogP) is 2.82. The second kappa shape index (κ2) is 6.03. The molecule has 1 nitrogen and oxygen atoms in total. The summed E-state index contributed by atoms with van der Waals surface area (Å²) in [5, 5.41) is 0.755. The van der Waals surface area contributed by atoms with Crippen molar-refractivity contribution in [3.05, 3.63) is 47.5 Å². The Morgan fingerprint density at radius 2 is 1.92 bits per heavy atom. The molecule has 3 heteroatoms. The first-order chi connectivity index (χ1) is 5.72. The topological polar surface area (TPSA) is 26.0 Å². The zero-order chi connectivity index (χ0) is 8.97. The molecule has 13 heavy (non-hydrogen) atoms. The van der Waals surface area contributed by atoms with Crippen molar-refractivity contribution in [2.24, 2.45) is 5.73 Å². The molecule has 1 aromatic carbocycles. The summed E-state index contributed by atoms with van der Waals surface area (Å²) in [6.07, 6.45) is 2.56. The monoisotopic (exact) mass is 217 g/mol. The Kier molecular flexibility index (Phi) is 5.80. The van der Waals surface area contributed by atoms with Crippen molar-refractivity contribution in [1.82, 2.24) is 0 Å². The third kappa shape index (κ3) is 4.32. The van der Waals surface area contributed by atoms with Crippen LogP contribution in [0.1, 0.15) is 5.56 Å². The van der Waals surface area contributed by atoms with E-state index in [1.807, 2.05) is 24.3 Å². The fourth-order valence-electron chi connectivity index (χ4n) is 0.976. The van der Waals surface area contributed by atoms with Gasteiger partial charge in [0.25, 0.3) is 0 Å². The Morgan fingerprint density at radius 1 is 1.38 bits per heavy atom. The van der Waals surface area contributed by atoms with Crippen molar-refractivity contribution in [2.45, 2.75) is 12.5 Å². The molecule has 0 heterocycles. The van der Waals surface area contributed by atoms with Crippen LogP contribution >= 0.6 is 24.0 Å². The summed E-state index contributed by atoms with van der Waals surface area (Å²) >= 11 is 5.73. The van der Waals surface area contributed by atoms with Crippen LogP contribution in [-0.2, 0) is 6.42 Å². The van der Waals surface area contributed by atoms with Gasteiger partial charge in [0.05, 0.1) is 0 Å². The van der Waals surface area contributed by atoms with Crippen molar-refractivity contribution >= 4 is 24.0 Å². The fourth-order valence-corrected chi connectivity index (χ4v) is 1.10. The number of nitrogens with two attached hydrogens (primary N) is 1. The molecule has 0 amide bonds. The number of hydrogen-bond donors (Lipinski definition) is 1. The van der Waals surface area contributed by atoms with E-state index in [2.05, 4.69) is 6.58 Å². The number of halogens is 2. The molecule has 1 rings (SSSR count). The van der Waals surface area contributed by atoms with Crippen molar-refractivity contribution < 1.29 is 0 Å². The summed E-state index contributed by atoms with van der Waals surface area (Å²) in [6, 6.07) is 7.72. The van der Waals surface area contributed by atoms with E-state index in [1.165, 1.54) is 5.56 Å². The SMILES string of the molecule is C=CC(N)Cc1ccc(Cl)cc1.Cl. The van der Waals surface area contributed by atoms with E-state index < -0.39 is 0 Å². The molecule has 72 valence electrons. The van der Waals surface area contributed by atoms with E-state index in [0.717, 1.165) is 11.4 Å². The van der Waals surface area contributed by atoms with Gasteiger partial charge in [-0.05, 0) is 24.1 Å². The highest BCUT2D eigenvalue weighted by Crippen LogP contribution is 2.10. The summed E-state index contributed by atoms with van der Waals surface area (Å²) in [6.45, 7) is 3.62. The van der Waals surface area contributed by atoms with Gasteiger partial charge in [0.2, 0.25) is 0 Å². The molecule has 0 fully saturated rings. The Balaban J connectivity index is 0.00000144. The molecule has 0 aliphatic rings. The second-order valence-electron chi connectivity index (χ2n) is 2.73. The fraction of sp³-hybridized carbons (Fsp3) is 0.200. The first-order valence-corrected chi connectivity index (χ1v) is 4.23. The molecule has 1 aromatic rings. The van der Waals surface area contributed by atoms with Gasteiger partial charge in [-0.1, -0.05) is 29.8 Å². The molecule has 0 aromatic heterocycles. The maximum atomic E-state index is 5.73. The lowest BCUT2D eigenvalue weighted by Gasteiger charge is -2.05. The summed E-state index contributed by atoms with van der Waals surface area (Å²) in [5.74, 6) is 0. The van der Waals surface area contributed by atoms with E-state index in [4.69, 9.17) is 17.3 Å². The van der Waals surface area contributed by atoms with Gasteiger partial charge in [0.15, 0.2) is 0 Å². The predicted molar refractivity (Wildman–Crippen MR) is 60.6 cm³/mol. The van der Waals surface area contributed by atoms with E-state index in [-0.39, 0.29) is 18.4 Å². The van der Waals surface area contributed by atoms with Gasteiger partial charge in [-0.25, -0.2) is 0 Å². The first kappa shape index (κ1) is 12.5. The van der Waals surface area contributed by atoms with Crippen LogP contribution in [0.4, 0.5) is 0 Å². The lowest BCUT2D eigenvalue weighted by molar-refractivity contribution is 0.812. The molecule has 0 aliphatic heterocycles. The summed E-state index contributed by atoms with van der Waals surface area (Å²) in [5.41, 5.74) is 6.88. The van der Waals surface area contributed by atoms with E-state index in [0.29, 0.717) is 0 Å². The van der Waals surface area contributed by atoms with Gasteiger partial charge in [-0.2, -0.15) is 0 Å². The molecule has 0 saturated heterocycles. The molecular formula is C10H13Cl2N. The second-order valence-corrected chi connectivity index (χ2v) is 3.17. The lowest BCUT2D eigenvalue weighted by Crippen LogP contribution is -2.19. The average Bonchev–Trinajstić information content (AvgIpc) is 2.09. The van der Waals surface area contributed by atoms with Crippen molar-refractivity contribution in [3.63, 3.8) is 0 Å². The van der Waals surface area contributed by atoms with Crippen molar-refractivity contribution in [2.75, 3.05) is 0 Å². The standard InChI is InChI=1S/C10H12ClN.ClH/c1-2-10(12)7-8-3-5-9(11)6-4-8;/h2-6,10H,1,7,12H2;1H. The van der Waals surface area contributed by atoms with Gasteiger partial charge in [0, 0.05) is 11.1 Å². The van der Waals surface area contributed by atoms with E-state index in [1.54, 1.807) is 6.08 Å². The van der Waals surface area contributed by atoms with Crippen LogP contribution in [0.3, 0.4) is 0 Å². The Bertz CT molecular complexity index is 256. The molecule has 0 saturated carbocycles. The number of rotatable bonds is 3. The minimum Gasteiger partial charge on any atom is -0.324 e. The average molecular weight is 218 g/mol. The first-order valence-electron chi connectivity index (χ1n) is 3.85. The van der Waals surface area contributed by atoms with Crippen molar-refractivity contribution in [1.29, 1.82) is 0 Å². The third-order valence-corrected chi connectivity index (χ3v) is 1.94. The Labute approximate surface area is 90.0 Å². The Morgan fingerprint density at radius 3 is 2.38 bits per heavy atom. The smallest absolute Gasteiger partial charge is 0.0406 e. The van der Waals surface area contributed by atoms with E-state index >= 15 is 0 Å². The van der Waals surface area contributed by atoms with Crippen LogP contribution in [0.2, 0.25) is 5.02 Å². The molecule has 1 atom stereocenters. The summed E-state index contributed by atoms with van der Waals surface area (Å²) in [7, 11) is 0. The van der Waals surface area contributed by atoms with Crippen LogP contribution < -0.4 is 5.73 Å². The highest BCUT2D eigenvalue weighted by molar-refractivity contribution is 6.30. The molecule has 0 spiro atoms. The minimum absolute atomic E-state index is 0. The molecule has 0 bridgehead atoms. The van der Waals surface area contributed by atoms with Crippen LogP contribution in [0, 0.1) is 0 Å². The number of benzene rings is 1. The van der Waals surface area contributed by atoms with Gasteiger partial charge in [-0.3, -0.25) is 0 Å². The maximum Gasteiger partial charge on any atom is 0.0406 e. The summed E-state index contributed by atoms with van der Waals surface area (Å²) in [4.78, 5) is 0. The highest BCUT2D eigenvalue weighted by Gasteiger charge is 1.98. The number of hydrogen-bond acceptors (Lipinski definition) is 1. The van der Waals surface area contributed by atoms with Gasteiger partial charge >= 0.3 is 0 Å². The summed E-state index contributed by atoms with van der Waals surface area (Å²) < 4.78 is 0. The molecule has 0 radical (unpaired) electrons. The van der Waals surface area contributed by atoms with Crippen LogP contribution in [-0.4, -0.2) is 6.04 Å². The van der Waals surface area contributed by atoms with Crippen LogP contribution in [0.25, 0.3) is 0 Å². The largest absolute Gasteiger partial charge is 0.324 e. The minimum atomic E-state index is 0. The third-order valence-electron chi connectivity index (χ3n) is 1.69. The molecule has 0 aliphatic carbocycles. The lowest BCUT2D eigenvalue weighted by atomic mass is 10.1. The van der Waals surface area contributed by atoms with Crippen LogP contribution in [0.15, 0.2) is 36.9 Å². The maximum absolute atomic E-state index is 5.73. The zero-order valence-electron chi connectivity index (χ0n) is 7.24. The Hall–Kier alpha value is -0.500. The quantitative estimate of drug-likeness (QED) is 0.775. The van der Waals surface area contributed by atoms with Crippen molar-refractivity contribution in [3.8, 4) is 0 Å². The van der Waals surface area contributed by atoms with Gasteiger partial charge in [0.1, 0.15) is 0 Å². The highest BCUT2D eigenvalue weighted by atomic mass is 35.5. The molecular weight excluding hydrogens is 205 g/mol. The van der Waals surface area contributed by atoms with Gasteiger partial charge < -0.3 is 5.73 Å². The van der Waals surface area contributed by atoms with Gasteiger partial charge in [-0.15, -0.1) is 19.0 Å². The molecule has 2 N–H and O–H groups in total. The zero-order valence-corrected chi connectivity index (χ0v) is 8.81. The normalized spacial score (nSPS) is 11.5. The van der Waals surface area contributed by atoms with Crippen LogP contribution in [0.5, 0.6) is 0 Å². The molecule has 1 unspecified atom stereocenters.